The smallest absolute Gasteiger partial charge is 0.257 e. The highest BCUT2D eigenvalue weighted by Gasteiger charge is 2.33. The first-order valence-corrected chi connectivity index (χ1v) is 16.8. The van der Waals surface area contributed by atoms with E-state index in [4.69, 9.17) is 0 Å². The average molecular weight is 603 g/mol. The zero-order valence-electron chi connectivity index (χ0n) is 24.7. The molecule has 2 aromatic rings. The van der Waals surface area contributed by atoms with E-state index in [2.05, 4.69) is 19.2 Å². The maximum absolute atomic E-state index is 13.8. The lowest BCUT2D eigenvalue weighted by Crippen LogP contribution is -2.42. The van der Waals surface area contributed by atoms with Crippen LogP contribution < -0.4 is 5.32 Å². The van der Waals surface area contributed by atoms with Crippen LogP contribution in [0.4, 0.5) is 5.00 Å². The number of piperidine rings is 1. The Hall–Kier alpha value is -2.76. The van der Waals surface area contributed by atoms with E-state index in [1.165, 1.54) is 46.8 Å². The average Bonchev–Trinajstić information content (AvgIpc) is 3.28. The number of hydrogen-bond donors (Lipinski definition) is 1. The van der Waals surface area contributed by atoms with Crippen LogP contribution in [0.2, 0.25) is 0 Å². The third-order valence-corrected chi connectivity index (χ3v) is 10.8. The van der Waals surface area contributed by atoms with Crippen molar-refractivity contribution in [3.63, 3.8) is 0 Å². The summed E-state index contributed by atoms with van der Waals surface area (Å²) in [5.41, 5.74) is 1.71. The molecule has 0 bridgehead atoms. The van der Waals surface area contributed by atoms with Crippen molar-refractivity contribution in [2.45, 2.75) is 71.7 Å². The van der Waals surface area contributed by atoms with E-state index in [1.54, 1.807) is 4.90 Å². The second-order valence-corrected chi connectivity index (χ2v) is 14.5. The van der Waals surface area contributed by atoms with Gasteiger partial charge in [0.15, 0.2) is 0 Å². The topological polar surface area (TPSA) is 107 Å². The highest BCUT2D eigenvalue weighted by Crippen LogP contribution is 2.38. The van der Waals surface area contributed by atoms with Crippen molar-refractivity contribution >= 4 is 44.1 Å². The molecule has 9 nitrogen and oxygen atoms in total. The molecule has 3 amide bonds. The summed E-state index contributed by atoms with van der Waals surface area (Å²) in [7, 11) is -3.66. The zero-order chi connectivity index (χ0) is 29.9. The molecule has 2 aliphatic rings. The Morgan fingerprint density at radius 2 is 1.63 bits per heavy atom. The van der Waals surface area contributed by atoms with Gasteiger partial charge in [0.1, 0.15) is 5.00 Å². The normalized spacial score (nSPS) is 19.5. The molecule has 1 fully saturated rings. The SMILES string of the molecule is CCCN(CCC)C(=O)c1c(NC(=O)c2ccc(S(=O)(=O)N3CC(C)CC(C)C3)cc2)sc2c1CCN(C(C)=O)C2. The van der Waals surface area contributed by atoms with Gasteiger partial charge in [-0.25, -0.2) is 8.42 Å². The van der Waals surface area contributed by atoms with Crippen molar-refractivity contribution in [3.8, 4) is 0 Å². The summed E-state index contributed by atoms with van der Waals surface area (Å²) in [4.78, 5) is 43.9. The number of anilines is 1. The van der Waals surface area contributed by atoms with Gasteiger partial charge in [-0.05, 0) is 67.3 Å². The lowest BCUT2D eigenvalue weighted by molar-refractivity contribution is -0.129. The minimum atomic E-state index is -3.66. The molecule has 1 N–H and O–H groups in total. The third-order valence-electron chi connectivity index (χ3n) is 7.81. The predicted octanol–water partition coefficient (Wildman–Crippen LogP) is 4.83. The fourth-order valence-electron chi connectivity index (χ4n) is 5.90. The number of carbonyl (C=O) groups excluding carboxylic acids is 3. The van der Waals surface area contributed by atoms with Gasteiger partial charge in [-0.3, -0.25) is 14.4 Å². The molecule has 0 saturated carbocycles. The molecular formula is C30H42N4O5S2. The summed E-state index contributed by atoms with van der Waals surface area (Å²) >= 11 is 1.34. The summed E-state index contributed by atoms with van der Waals surface area (Å²) in [6.07, 6.45) is 3.20. The lowest BCUT2D eigenvalue weighted by atomic mass is 9.94. The van der Waals surface area contributed by atoms with E-state index in [-0.39, 0.29) is 16.7 Å². The number of carbonyl (C=O) groups is 3. The number of nitrogens with zero attached hydrogens (tertiary/aromatic N) is 3. The summed E-state index contributed by atoms with van der Waals surface area (Å²) in [5, 5.41) is 3.42. The molecule has 0 spiro atoms. The Balaban J connectivity index is 1.60. The van der Waals surface area contributed by atoms with Gasteiger partial charge in [-0.2, -0.15) is 4.31 Å². The first-order valence-electron chi connectivity index (χ1n) is 14.6. The number of fused-ring (bicyclic) bond motifs is 1. The number of amides is 3. The maximum Gasteiger partial charge on any atom is 0.257 e. The maximum atomic E-state index is 13.8. The van der Waals surface area contributed by atoms with Gasteiger partial charge in [0.2, 0.25) is 15.9 Å². The zero-order valence-corrected chi connectivity index (χ0v) is 26.4. The number of benzene rings is 1. The van der Waals surface area contributed by atoms with E-state index < -0.39 is 15.9 Å². The van der Waals surface area contributed by atoms with Gasteiger partial charge < -0.3 is 15.1 Å². The van der Waals surface area contributed by atoms with Crippen LogP contribution >= 0.6 is 11.3 Å². The molecule has 4 rings (SSSR count). The summed E-state index contributed by atoms with van der Waals surface area (Å²) < 4.78 is 28.1. The van der Waals surface area contributed by atoms with E-state index in [9.17, 15) is 22.8 Å². The standard InChI is InChI=1S/C30H42N4O5S2/c1-6-13-32(14-7-2)30(37)27-25-12-15-33(22(5)35)19-26(25)40-29(27)31-28(36)23-8-10-24(11-9-23)41(38,39)34-17-20(3)16-21(4)18-34/h8-11,20-21H,6-7,12-19H2,1-5H3,(H,31,36). The van der Waals surface area contributed by atoms with Crippen molar-refractivity contribution in [3.05, 3.63) is 45.8 Å². The molecule has 2 unspecified atom stereocenters. The Morgan fingerprint density at radius 3 is 2.20 bits per heavy atom. The van der Waals surface area contributed by atoms with Crippen LogP contribution in [0, 0.1) is 11.8 Å². The predicted molar refractivity (Wildman–Crippen MR) is 162 cm³/mol. The number of thiophene rings is 1. The van der Waals surface area contributed by atoms with Crippen LogP contribution in [0.15, 0.2) is 29.2 Å². The summed E-state index contributed by atoms with van der Waals surface area (Å²) in [5.74, 6) is 0.0389. The van der Waals surface area contributed by atoms with Crippen molar-refractivity contribution in [1.29, 1.82) is 0 Å². The molecule has 11 heteroatoms. The largest absolute Gasteiger partial charge is 0.339 e. The van der Waals surface area contributed by atoms with E-state index >= 15 is 0 Å². The second-order valence-electron chi connectivity index (χ2n) is 11.4. The second kappa shape index (κ2) is 13.0. The van der Waals surface area contributed by atoms with Crippen molar-refractivity contribution in [1.82, 2.24) is 14.1 Å². The molecule has 1 aromatic heterocycles. The van der Waals surface area contributed by atoms with E-state index in [1.807, 2.05) is 18.7 Å². The first-order chi connectivity index (χ1) is 19.5. The molecular weight excluding hydrogens is 560 g/mol. The summed E-state index contributed by atoms with van der Waals surface area (Å²) in [6, 6.07) is 6.00. The van der Waals surface area contributed by atoms with Crippen LogP contribution in [-0.4, -0.2) is 73.0 Å². The lowest BCUT2D eigenvalue weighted by Gasteiger charge is -2.34. The summed E-state index contributed by atoms with van der Waals surface area (Å²) in [6.45, 7) is 12.9. The fourth-order valence-corrected chi connectivity index (χ4v) is 8.83. The molecule has 1 saturated heterocycles. The van der Waals surface area contributed by atoms with Crippen LogP contribution in [0.3, 0.4) is 0 Å². The van der Waals surface area contributed by atoms with E-state index in [0.29, 0.717) is 73.7 Å². The molecule has 0 radical (unpaired) electrons. The van der Waals surface area contributed by atoms with Gasteiger partial charge in [-0.1, -0.05) is 27.7 Å². The van der Waals surface area contributed by atoms with Crippen LogP contribution in [0.1, 0.15) is 85.0 Å². The molecule has 2 aliphatic heterocycles. The minimum Gasteiger partial charge on any atom is -0.339 e. The fraction of sp³-hybridized carbons (Fsp3) is 0.567. The molecule has 41 heavy (non-hydrogen) atoms. The van der Waals surface area contributed by atoms with Crippen molar-refractivity contribution in [2.75, 3.05) is 38.0 Å². The van der Waals surface area contributed by atoms with Crippen LogP contribution in [0.5, 0.6) is 0 Å². The molecule has 2 atom stereocenters. The van der Waals surface area contributed by atoms with Crippen LogP contribution in [-0.2, 0) is 27.8 Å². The highest BCUT2D eigenvalue weighted by molar-refractivity contribution is 7.89. The highest BCUT2D eigenvalue weighted by atomic mass is 32.2. The van der Waals surface area contributed by atoms with Crippen molar-refractivity contribution < 1.29 is 22.8 Å². The molecule has 224 valence electrons. The quantitative estimate of drug-likeness (QED) is 0.442. The Bertz CT molecular complexity index is 1370. The van der Waals surface area contributed by atoms with Gasteiger partial charge >= 0.3 is 0 Å². The van der Waals surface area contributed by atoms with Gasteiger partial charge in [0.25, 0.3) is 11.8 Å². The third kappa shape index (κ3) is 6.84. The monoisotopic (exact) mass is 602 g/mol. The molecule has 3 heterocycles. The van der Waals surface area contributed by atoms with Crippen LogP contribution in [0.25, 0.3) is 0 Å². The molecule has 0 aliphatic carbocycles. The minimum absolute atomic E-state index is 0.0235. The van der Waals surface area contributed by atoms with Gasteiger partial charge in [-0.15, -0.1) is 11.3 Å². The molecule has 1 aromatic carbocycles. The number of rotatable bonds is 9. The Labute approximate surface area is 247 Å². The Kier molecular flexibility index (Phi) is 9.92. The number of sulfonamides is 1. The van der Waals surface area contributed by atoms with Gasteiger partial charge in [0, 0.05) is 50.1 Å². The Morgan fingerprint density at radius 1 is 1.02 bits per heavy atom. The number of hydrogen-bond acceptors (Lipinski definition) is 6. The number of nitrogens with one attached hydrogen (secondary N) is 1. The van der Waals surface area contributed by atoms with Gasteiger partial charge in [0.05, 0.1) is 17.0 Å². The van der Waals surface area contributed by atoms with Crippen molar-refractivity contribution in [2.24, 2.45) is 11.8 Å². The van der Waals surface area contributed by atoms with E-state index in [0.717, 1.165) is 29.7 Å². The first kappa shape index (κ1) is 31.2.